The summed E-state index contributed by atoms with van der Waals surface area (Å²) in [7, 11) is 2.00. The Balaban J connectivity index is 2.12. The number of anilines is 1. The van der Waals surface area contributed by atoms with Crippen molar-refractivity contribution in [3.63, 3.8) is 0 Å². The van der Waals surface area contributed by atoms with E-state index in [0.717, 1.165) is 19.5 Å². The van der Waals surface area contributed by atoms with Crippen LogP contribution < -0.4 is 10.2 Å². The molecule has 0 aliphatic carbocycles. The van der Waals surface area contributed by atoms with E-state index in [9.17, 15) is 5.11 Å². The molecule has 3 nitrogen and oxygen atoms in total. The largest absolute Gasteiger partial charge is 0.393 e. The lowest BCUT2D eigenvalue weighted by Gasteiger charge is -2.40. The molecule has 0 aromatic heterocycles. The third kappa shape index (κ3) is 2.99. The summed E-state index contributed by atoms with van der Waals surface area (Å²) in [4.78, 5) is 2.36. The molecular weight excluding hydrogens is 212 g/mol. The van der Waals surface area contributed by atoms with Gasteiger partial charge in [-0.3, -0.25) is 0 Å². The molecule has 1 fully saturated rings. The number of piperidine rings is 1. The van der Waals surface area contributed by atoms with Gasteiger partial charge in [-0.25, -0.2) is 0 Å². The Bertz CT molecular complexity index is 339. The van der Waals surface area contributed by atoms with Gasteiger partial charge in [-0.05, 0) is 32.5 Å². The van der Waals surface area contributed by atoms with Crippen LogP contribution in [0.15, 0.2) is 30.3 Å². The summed E-state index contributed by atoms with van der Waals surface area (Å²) in [5.74, 6) is 0.349. The molecule has 1 heterocycles. The maximum Gasteiger partial charge on any atom is 0.0557 e. The van der Waals surface area contributed by atoms with E-state index in [1.807, 2.05) is 20.0 Å². The van der Waals surface area contributed by atoms with Gasteiger partial charge in [-0.1, -0.05) is 18.2 Å². The van der Waals surface area contributed by atoms with Gasteiger partial charge >= 0.3 is 0 Å². The minimum atomic E-state index is -0.239. The van der Waals surface area contributed by atoms with Crippen LogP contribution in [0.5, 0.6) is 0 Å². The number of hydrogen-bond donors (Lipinski definition) is 2. The zero-order chi connectivity index (χ0) is 12.3. The van der Waals surface area contributed by atoms with Crippen molar-refractivity contribution in [2.75, 3.05) is 25.0 Å². The molecule has 1 aliphatic rings. The number of aliphatic hydroxyl groups is 1. The molecule has 0 spiro atoms. The summed E-state index contributed by atoms with van der Waals surface area (Å²) >= 11 is 0. The second-order valence-electron chi connectivity index (χ2n) is 4.96. The second kappa shape index (κ2) is 5.52. The zero-order valence-corrected chi connectivity index (χ0v) is 10.6. The zero-order valence-electron chi connectivity index (χ0n) is 10.6. The monoisotopic (exact) mass is 234 g/mol. The molecule has 2 N–H and O–H groups in total. The molecule has 0 amide bonds. The fourth-order valence-electron chi connectivity index (χ4n) is 2.55. The van der Waals surface area contributed by atoms with E-state index in [2.05, 4.69) is 34.5 Å². The van der Waals surface area contributed by atoms with Crippen LogP contribution in [-0.2, 0) is 0 Å². The van der Waals surface area contributed by atoms with Crippen molar-refractivity contribution in [1.82, 2.24) is 5.32 Å². The number of nitrogens with one attached hydrogen (secondary N) is 1. The first-order valence-corrected chi connectivity index (χ1v) is 6.36. The van der Waals surface area contributed by atoms with Gasteiger partial charge in [-0.15, -0.1) is 0 Å². The minimum Gasteiger partial charge on any atom is -0.393 e. The van der Waals surface area contributed by atoms with Crippen molar-refractivity contribution in [2.45, 2.75) is 25.5 Å². The van der Waals surface area contributed by atoms with E-state index in [1.54, 1.807) is 0 Å². The number of benzene rings is 1. The molecule has 0 saturated carbocycles. The standard InChI is InChI=1S/C14H22N2O/c1-11(17)12-8-13(15-2)10-16(9-12)14-6-4-3-5-7-14/h3-7,11-13,15,17H,8-10H2,1-2H3. The molecule has 1 saturated heterocycles. The third-order valence-electron chi connectivity index (χ3n) is 3.69. The van der Waals surface area contributed by atoms with E-state index >= 15 is 0 Å². The topological polar surface area (TPSA) is 35.5 Å². The van der Waals surface area contributed by atoms with E-state index in [0.29, 0.717) is 12.0 Å². The number of likely N-dealkylation sites (N-methyl/N-ethyl adjacent to an activating group) is 1. The molecule has 17 heavy (non-hydrogen) atoms. The molecule has 1 aromatic rings. The molecule has 0 bridgehead atoms. The van der Waals surface area contributed by atoms with Crippen LogP contribution in [0.1, 0.15) is 13.3 Å². The number of para-hydroxylation sites is 1. The van der Waals surface area contributed by atoms with Crippen molar-refractivity contribution in [3.8, 4) is 0 Å². The Morgan fingerprint density at radius 3 is 2.59 bits per heavy atom. The predicted octanol–water partition coefficient (Wildman–Crippen LogP) is 1.48. The summed E-state index contributed by atoms with van der Waals surface area (Å²) in [6.45, 7) is 3.86. The average molecular weight is 234 g/mol. The molecule has 1 aromatic carbocycles. The molecule has 0 radical (unpaired) electrons. The third-order valence-corrected chi connectivity index (χ3v) is 3.69. The van der Waals surface area contributed by atoms with Gasteiger partial charge in [0.05, 0.1) is 6.10 Å². The number of nitrogens with zero attached hydrogens (tertiary/aromatic N) is 1. The smallest absolute Gasteiger partial charge is 0.0557 e. The van der Waals surface area contributed by atoms with E-state index in [1.165, 1.54) is 5.69 Å². The molecule has 3 atom stereocenters. The summed E-state index contributed by atoms with van der Waals surface area (Å²) < 4.78 is 0. The Labute approximate surface area is 103 Å². The Morgan fingerprint density at radius 1 is 1.29 bits per heavy atom. The highest BCUT2D eigenvalue weighted by Crippen LogP contribution is 2.25. The summed E-state index contributed by atoms with van der Waals surface area (Å²) in [5.41, 5.74) is 1.25. The summed E-state index contributed by atoms with van der Waals surface area (Å²) in [6.07, 6.45) is 0.815. The maximum atomic E-state index is 9.80. The lowest BCUT2D eigenvalue weighted by molar-refractivity contribution is 0.107. The van der Waals surface area contributed by atoms with Crippen LogP contribution in [0.2, 0.25) is 0 Å². The van der Waals surface area contributed by atoms with Gasteiger partial charge in [0.25, 0.3) is 0 Å². The van der Waals surface area contributed by atoms with Crippen molar-refractivity contribution < 1.29 is 5.11 Å². The van der Waals surface area contributed by atoms with Gasteiger partial charge in [0.2, 0.25) is 0 Å². The van der Waals surface area contributed by atoms with Gasteiger partial charge in [0.1, 0.15) is 0 Å². The SMILES string of the molecule is CNC1CC(C(C)O)CN(c2ccccc2)C1. The number of hydrogen-bond acceptors (Lipinski definition) is 3. The van der Waals surface area contributed by atoms with Crippen LogP contribution in [0.25, 0.3) is 0 Å². The van der Waals surface area contributed by atoms with Gasteiger partial charge in [0, 0.05) is 30.7 Å². The van der Waals surface area contributed by atoms with E-state index < -0.39 is 0 Å². The fraction of sp³-hybridized carbons (Fsp3) is 0.571. The van der Waals surface area contributed by atoms with Crippen LogP contribution in [0.4, 0.5) is 5.69 Å². The quantitative estimate of drug-likeness (QED) is 0.831. The van der Waals surface area contributed by atoms with Gasteiger partial charge in [-0.2, -0.15) is 0 Å². The molecule has 1 aliphatic heterocycles. The summed E-state index contributed by atoms with van der Waals surface area (Å²) in [6, 6.07) is 10.9. The number of aliphatic hydroxyl groups excluding tert-OH is 1. The molecule has 3 heteroatoms. The molecule has 94 valence electrons. The van der Waals surface area contributed by atoms with Crippen molar-refractivity contribution in [1.29, 1.82) is 0 Å². The number of rotatable bonds is 3. The van der Waals surface area contributed by atoms with Crippen LogP contribution in [-0.4, -0.2) is 37.4 Å². The van der Waals surface area contributed by atoms with E-state index in [4.69, 9.17) is 0 Å². The molecular formula is C14H22N2O. The molecule has 2 rings (SSSR count). The highest BCUT2D eigenvalue weighted by atomic mass is 16.3. The van der Waals surface area contributed by atoms with Crippen LogP contribution in [0.3, 0.4) is 0 Å². The Morgan fingerprint density at radius 2 is 2.00 bits per heavy atom. The normalized spacial score (nSPS) is 26.9. The lowest BCUT2D eigenvalue weighted by atomic mass is 9.90. The van der Waals surface area contributed by atoms with Gasteiger partial charge in [0.15, 0.2) is 0 Å². The van der Waals surface area contributed by atoms with Gasteiger partial charge < -0.3 is 15.3 Å². The first-order chi connectivity index (χ1) is 8.20. The average Bonchev–Trinajstić information content (AvgIpc) is 2.39. The fourth-order valence-corrected chi connectivity index (χ4v) is 2.55. The minimum absolute atomic E-state index is 0.239. The van der Waals surface area contributed by atoms with Crippen molar-refractivity contribution in [2.24, 2.45) is 5.92 Å². The Kier molecular flexibility index (Phi) is 4.02. The predicted molar refractivity (Wildman–Crippen MR) is 71.3 cm³/mol. The van der Waals surface area contributed by atoms with Crippen molar-refractivity contribution in [3.05, 3.63) is 30.3 Å². The maximum absolute atomic E-state index is 9.80. The molecule has 3 unspecified atom stereocenters. The Hall–Kier alpha value is -1.06. The first-order valence-electron chi connectivity index (χ1n) is 6.36. The van der Waals surface area contributed by atoms with Crippen molar-refractivity contribution >= 4 is 5.69 Å². The first kappa shape index (κ1) is 12.4. The highest BCUT2D eigenvalue weighted by Gasteiger charge is 2.29. The highest BCUT2D eigenvalue weighted by molar-refractivity contribution is 5.46. The van der Waals surface area contributed by atoms with Crippen LogP contribution in [0, 0.1) is 5.92 Å². The van der Waals surface area contributed by atoms with Crippen LogP contribution >= 0.6 is 0 Å². The lowest BCUT2D eigenvalue weighted by Crippen LogP contribution is -2.50. The summed E-state index contributed by atoms with van der Waals surface area (Å²) in [5, 5.41) is 13.1. The van der Waals surface area contributed by atoms with E-state index in [-0.39, 0.29) is 6.10 Å². The second-order valence-corrected chi connectivity index (χ2v) is 4.96.